The molecule has 0 amide bonds. The third-order valence-corrected chi connectivity index (χ3v) is 1.80. The second kappa shape index (κ2) is 2.38. The van der Waals surface area contributed by atoms with Crippen molar-refractivity contribution in [3.05, 3.63) is 12.2 Å². The van der Waals surface area contributed by atoms with Crippen molar-refractivity contribution in [3.8, 4) is 0 Å². The number of nitrogens with one attached hydrogen (secondary N) is 1. The normalized spacial score (nSPS) is 25.4. The van der Waals surface area contributed by atoms with Crippen LogP contribution < -0.4 is 5.32 Å². The standard InChI is InChI=1S/C6H9N3O/c1-2-7-3-5(1)6-8-4-10-9-6/h4-5,7H,1-3H2. The van der Waals surface area contributed by atoms with E-state index < -0.39 is 0 Å². The molecule has 0 aromatic carbocycles. The van der Waals surface area contributed by atoms with Gasteiger partial charge in [0.25, 0.3) is 0 Å². The number of aromatic nitrogens is 2. The Labute approximate surface area is 58.6 Å². The van der Waals surface area contributed by atoms with Gasteiger partial charge in [0.2, 0.25) is 6.39 Å². The highest BCUT2D eigenvalue weighted by molar-refractivity contribution is 4.96. The average Bonchev–Trinajstić information content (AvgIpc) is 2.59. The van der Waals surface area contributed by atoms with Crippen LogP contribution in [0.5, 0.6) is 0 Å². The monoisotopic (exact) mass is 139 g/mol. The Bertz CT molecular complexity index is 191. The summed E-state index contributed by atoms with van der Waals surface area (Å²) in [5.74, 6) is 1.31. The van der Waals surface area contributed by atoms with Crippen LogP contribution >= 0.6 is 0 Å². The van der Waals surface area contributed by atoms with Gasteiger partial charge in [0.05, 0.1) is 0 Å². The number of rotatable bonds is 1. The van der Waals surface area contributed by atoms with Crippen LogP contribution in [0.2, 0.25) is 0 Å². The smallest absolute Gasteiger partial charge is 0.213 e. The quantitative estimate of drug-likeness (QED) is 0.601. The maximum absolute atomic E-state index is 4.64. The van der Waals surface area contributed by atoms with E-state index in [4.69, 9.17) is 0 Å². The van der Waals surface area contributed by atoms with Crippen molar-refractivity contribution in [2.75, 3.05) is 13.1 Å². The van der Waals surface area contributed by atoms with Gasteiger partial charge in [-0.05, 0) is 13.0 Å². The van der Waals surface area contributed by atoms with Crippen molar-refractivity contribution >= 4 is 0 Å². The first-order valence-electron chi connectivity index (χ1n) is 3.44. The van der Waals surface area contributed by atoms with E-state index in [1.54, 1.807) is 0 Å². The third kappa shape index (κ3) is 0.903. The molecule has 1 aromatic rings. The minimum Gasteiger partial charge on any atom is -0.343 e. The maximum Gasteiger partial charge on any atom is 0.213 e. The molecule has 0 aliphatic carbocycles. The summed E-state index contributed by atoms with van der Waals surface area (Å²) in [6.45, 7) is 2.05. The highest BCUT2D eigenvalue weighted by Gasteiger charge is 2.19. The fourth-order valence-electron chi connectivity index (χ4n) is 1.23. The maximum atomic E-state index is 4.64. The molecule has 54 valence electrons. The summed E-state index contributed by atoms with van der Waals surface area (Å²) in [4.78, 5) is 3.98. The Hall–Kier alpha value is -0.900. The Morgan fingerprint density at radius 2 is 2.70 bits per heavy atom. The van der Waals surface area contributed by atoms with Crippen LogP contribution in [0.4, 0.5) is 0 Å². The molecule has 0 saturated carbocycles. The van der Waals surface area contributed by atoms with Gasteiger partial charge < -0.3 is 9.84 Å². The van der Waals surface area contributed by atoms with Crippen LogP contribution in [0.3, 0.4) is 0 Å². The van der Waals surface area contributed by atoms with Crippen LogP contribution in [0, 0.1) is 0 Å². The van der Waals surface area contributed by atoms with E-state index in [1.165, 1.54) is 6.39 Å². The van der Waals surface area contributed by atoms with Gasteiger partial charge in [0.1, 0.15) is 0 Å². The molecule has 1 aromatic heterocycles. The summed E-state index contributed by atoms with van der Waals surface area (Å²) >= 11 is 0. The minimum atomic E-state index is 0.471. The fourth-order valence-corrected chi connectivity index (χ4v) is 1.23. The molecule has 2 heterocycles. The molecule has 0 radical (unpaired) electrons. The van der Waals surface area contributed by atoms with Gasteiger partial charge in [-0.15, -0.1) is 0 Å². The Balaban J connectivity index is 2.12. The van der Waals surface area contributed by atoms with Gasteiger partial charge in [-0.1, -0.05) is 5.16 Å². The Morgan fingerprint density at radius 3 is 3.30 bits per heavy atom. The van der Waals surface area contributed by atoms with Crippen molar-refractivity contribution in [1.29, 1.82) is 0 Å². The van der Waals surface area contributed by atoms with Crippen molar-refractivity contribution < 1.29 is 4.52 Å². The summed E-state index contributed by atoms with van der Waals surface area (Å²) in [6, 6.07) is 0. The molecule has 1 saturated heterocycles. The van der Waals surface area contributed by atoms with E-state index in [1.807, 2.05) is 0 Å². The van der Waals surface area contributed by atoms with Crippen molar-refractivity contribution in [2.45, 2.75) is 12.3 Å². The van der Waals surface area contributed by atoms with Crippen LogP contribution in [0.1, 0.15) is 18.2 Å². The molecule has 1 atom stereocenters. The molecule has 4 heteroatoms. The Kier molecular flexibility index (Phi) is 1.39. The molecule has 0 spiro atoms. The molecule has 1 fully saturated rings. The lowest BCUT2D eigenvalue weighted by atomic mass is 10.1. The first-order valence-corrected chi connectivity index (χ1v) is 3.44. The molecule has 1 aliphatic rings. The van der Waals surface area contributed by atoms with Gasteiger partial charge in [-0.25, -0.2) is 0 Å². The topological polar surface area (TPSA) is 51.0 Å². The molecule has 1 unspecified atom stereocenters. The molecule has 1 aliphatic heterocycles. The molecule has 0 bridgehead atoms. The lowest BCUT2D eigenvalue weighted by Crippen LogP contribution is -2.08. The van der Waals surface area contributed by atoms with E-state index >= 15 is 0 Å². The molecule has 4 nitrogen and oxygen atoms in total. The number of nitrogens with zero attached hydrogens (tertiary/aromatic N) is 2. The van der Waals surface area contributed by atoms with Crippen molar-refractivity contribution in [1.82, 2.24) is 15.5 Å². The lowest BCUT2D eigenvalue weighted by Gasteiger charge is -1.97. The fraction of sp³-hybridized carbons (Fsp3) is 0.667. The second-order valence-corrected chi connectivity index (χ2v) is 2.48. The first-order chi connectivity index (χ1) is 4.97. The van der Waals surface area contributed by atoms with Crippen LogP contribution in [-0.4, -0.2) is 23.2 Å². The first kappa shape index (κ1) is 5.85. The summed E-state index contributed by atoms with van der Waals surface area (Å²) in [5.41, 5.74) is 0. The summed E-state index contributed by atoms with van der Waals surface area (Å²) in [5, 5.41) is 7.01. The van der Waals surface area contributed by atoms with Crippen molar-refractivity contribution in [3.63, 3.8) is 0 Å². The SMILES string of the molecule is c1nc(C2CCNC2)no1. The highest BCUT2D eigenvalue weighted by atomic mass is 16.5. The molecular weight excluding hydrogens is 130 g/mol. The largest absolute Gasteiger partial charge is 0.343 e. The van der Waals surface area contributed by atoms with E-state index in [2.05, 4.69) is 20.0 Å². The minimum absolute atomic E-state index is 0.471. The predicted octanol–water partition coefficient (Wildman–Crippen LogP) is 0.146. The lowest BCUT2D eigenvalue weighted by molar-refractivity contribution is 0.405. The number of hydrogen-bond acceptors (Lipinski definition) is 4. The molecular formula is C6H9N3O. The zero-order valence-electron chi connectivity index (χ0n) is 5.58. The van der Waals surface area contributed by atoms with Crippen LogP contribution in [0.15, 0.2) is 10.9 Å². The summed E-state index contributed by atoms with van der Waals surface area (Å²) in [6.07, 6.45) is 2.51. The summed E-state index contributed by atoms with van der Waals surface area (Å²) in [7, 11) is 0. The molecule has 10 heavy (non-hydrogen) atoms. The Morgan fingerprint density at radius 1 is 1.70 bits per heavy atom. The number of hydrogen-bond donors (Lipinski definition) is 1. The molecule has 2 rings (SSSR count). The van der Waals surface area contributed by atoms with Crippen LogP contribution in [0.25, 0.3) is 0 Å². The van der Waals surface area contributed by atoms with E-state index in [0.29, 0.717) is 5.92 Å². The highest BCUT2D eigenvalue weighted by Crippen LogP contribution is 2.17. The zero-order valence-corrected chi connectivity index (χ0v) is 5.58. The zero-order chi connectivity index (χ0) is 6.81. The molecule has 1 N–H and O–H groups in total. The van der Waals surface area contributed by atoms with Crippen molar-refractivity contribution in [2.24, 2.45) is 0 Å². The van der Waals surface area contributed by atoms with Gasteiger partial charge in [0, 0.05) is 12.5 Å². The third-order valence-electron chi connectivity index (χ3n) is 1.80. The second-order valence-electron chi connectivity index (χ2n) is 2.48. The van der Waals surface area contributed by atoms with E-state index in [9.17, 15) is 0 Å². The van der Waals surface area contributed by atoms with Gasteiger partial charge in [-0.3, -0.25) is 0 Å². The average molecular weight is 139 g/mol. The van der Waals surface area contributed by atoms with Gasteiger partial charge in [0.15, 0.2) is 5.82 Å². The predicted molar refractivity (Wildman–Crippen MR) is 34.5 cm³/mol. The van der Waals surface area contributed by atoms with E-state index in [0.717, 1.165) is 25.3 Å². The van der Waals surface area contributed by atoms with E-state index in [-0.39, 0.29) is 0 Å². The van der Waals surface area contributed by atoms with Gasteiger partial charge >= 0.3 is 0 Å². The van der Waals surface area contributed by atoms with Crippen LogP contribution in [-0.2, 0) is 0 Å². The van der Waals surface area contributed by atoms with Gasteiger partial charge in [-0.2, -0.15) is 4.98 Å². The summed E-state index contributed by atoms with van der Waals surface area (Å²) < 4.78 is 4.64.